The van der Waals surface area contributed by atoms with Crippen LogP contribution >= 0.6 is 0 Å². The van der Waals surface area contributed by atoms with E-state index in [4.69, 9.17) is 17.2 Å². The van der Waals surface area contributed by atoms with Gasteiger partial charge in [0.25, 0.3) is 0 Å². The number of primary amides is 2. The number of fused-ring (bicyclic) bond motifs is 2. The maximum Gasteiger partial charge on any atom is 0.243 e. The van der Waals surface area contributed by atoms with E-state index in [2.05, 4.69) is 41.9 Å². The van der Waals surface area contributed by atoms with Gasteiger partial charge in [0.1, 0.15) is 35.7 Å². The van der Waals surface area contributed by atoms with Crippen LogP contribution in [0.25, 0.3) is 21.8 Å². The molecule has 0 aliphatic heterocycles. The number of carbonyl (C=O) groups excluding carboxylic acids is 8. The van der Waals surface area contributed by atoms with Crippen molar-refractivity contribution in [1.29, 1.82) is 0 Å². The first-order chi connectivity index (χ1) is 35.3. The first kappa shape index (κ1) is 55.0. The summed E-state index contributed by atoms with van der Waals surface area (Å²) in [5.41, 5.74) is 20.2. The summed E-state index contributed by atoms with van der Waals surface area (Å²) < 4.78 is 0. The molecular weight excluding hydrogens is 943 g/mol. The Balaban J connectivity index is 1.32. The van der Waals surface area contributed by atoms with Crippen molar-refractivity contribution in [2.45, 2.75) is 114 Å². The van der Waals surface area contributed by atoms with Crippen LogP contribution in [0.1, 0.15) is 69.2 Å². The third-order valence-electron chi connectivity index (χ3n) is 12.7. The van der Waals surface area contributed by atoms with E-state index in [0.29, 0.717) is 16.7 Å². The van der Waals surface area contributed by atoms with Crippen LogP contribution in [0.5, 0.6) is 0 Å². The predicted octanol–water partition coefficient (Wildman–Crippen LogP) is 2.36. The molecule has 390 valence electrons. The fourth-order valence-electron chi connectivity index (χ4n) is 8.56. The highest BCUT2D eigenvalue weighted by Crippen LogP contribution is 2.22. The van der Waals surface area contributed by atoms with Gasteiger partial charge in [-0.1, -0.05) is 111 Å². The minimum Gasteiger partial charge on any atom is -0.370 e. The van der Waals surface area contributed by atoms with Gasteiger partial charge in [0.2, 0.25) is 47.3 Å². The fourth-order valence-corrected chi connectivity index (χ4v) is 8.56. The van der Waals surface area contributed by atoms with Crippen molar-refractivity contribution in [2.75, 3.05) is 0 Å². The predicted molar refractivity (Wildman–Crippen MR) is 281 cm³/mol. The summed E-state index contributed by atoms with van der Waals surface area (Å²) in [6.45, 7) is 6.62. The van der Waals surface area contributed by atoms with Gasteiger partial charge in [-0.15, -0.1) is 0 Å². The monoisotopic (exact) mass is 1010 g/mol. The van der Waals surface area contributed by atoms with Crippen LogP contribution in [0, 0.1) is 5.92 Å². The summed E-state index contributed by atoms with van der Waals surface area (Å²) in [7, 11) is 0. The Bertz CT molecular complexity index is 2940. The van der Waals surface area contributed by atoms with Gasteiger partial charge in [-0.2, -0.15) is 0 Å². The molecular formula is C55H67N11O8. The van der Waals surface area contributed by atoms with Gasteiger partial charge in [-0.3, -0.25) is 38.4 Å². The number of nitrogens with two attached hydrogens (primary N) is 3. The molecule has 0 radical (unpaired) electrons. The quantitative estimate of drug-likeness (QED) is 0.0380. The number of benzene rings is 4. The van der Waals surface area contributed by atoms with Crippen molar-refractivity contribution < 1.29 is 38.4 Å². The summed E-state index contributed by atoms with van der Waals surface area (Å²) >= 11 is 0. The molecule has 0 bridgehead atoms. The number of H-pyrrole nitrogens is 2. The van der Waals surface area contributed by atoms with E-state index in [1.165, 1.54) is 13.8 Å². The van der Waals surface area contributed by atoms with Crippen LogP contribution in [0.3, 0.4) is 0 Å². The summed E-state index contributed by atoms with van der Waals surface area (Å²) in [4.78, 5) is 117. The third-order valence-corrected chi connectivity index (χ3v) is 12.7. The smallest absolute Gasteiger partial charge is 0.243 e. The topological polar surface area (TPSA) is 318 Å². The Morgan fingerprint density at radius 3 is 1.36 bits per heavy atom. The van der Waals surface area contributed by atoms with E-state index in [-0.39, 0.29) is 50.9 Å². The van der Waals surface area contributed by atoms with Gasteiger partial charge in [-0.05, 0) is 73.4 Å². The van der Waals surface area contributed by atoms with Crippen LogP contribution in [0.2, 0.25) is 0 Å². The molecule has 0 unspecified atom stereocenters. The number of nitrogens with one attached hydrogen (secondary N) is 8. The third kappa shape index (κ3) is 15.3. The van der Waals surface area contributed by atoms with Gasteiger partial charge < -0.3 is 59.1 Å². The molecule has 14 N–H and O–H groups in total. The molecule has 6 rings (SSSR count). The van der Waals surface area contributed by atoms with Gasteiger partial charge in [0.15, 0.2) is 0 Å². The minimum absolute atomic E-state index is 0.0525. The SMILES string of the molecule is CC(C)C[C@H](NC(=O)[C@@H](Cc1c[nH]c2ccccc12)NC(=O)[C@H](Cc1ccccc1)NC(=O)[C@@H](Cc1c[nH]c2ccccc12)NC(=O)[C@H](CCC(N)=O)NC(=O)[C@H](N)Cc1ccccc1)C(=O)NC(C)(C)C(N)=O. The second-order valence-corrected chi connectivity index (χ2v) is 19.5. The minimum atomic E-state index is -1.45. The summed E-state index contributed by atoms with van der Waals surface area (Å²) in [5, 5.41) is 18.2. The molecule has 4 aromatic carbocycles. The molecule has 6 aromatic rings. The number of hydrogen-bond donors (Lipinski definition) is 11. The van der Waals surface area contributed by atoms with Crippen molar-refractivity contribution in [3.63, 3.8) is 0 Å². The lowest BCUT2D eigenvalue weighted by atomic mass is 9.98. The second kappa shape index (κ2) is 25.4. The molecule has 0 fully saturated rings. The van der Waals surface area contributed by atoms with E-state index in [0.717, 1.165) is 27.4 Å². The van der Waals surface area contributed by atoms with Gasteiger partial charge in [0, 0.05) is 59.9 Å². The van der Waals surface area contributed by atoms with Crippen molar-refractivity contribution in [3.05, 3.63) is 144 Å². The number of amides is 8. The number of hydrogen-bond acceptors (Lipinski definition) is 9. The van der Waals surface area contributed by atoms with Gasteiger partial charge >= 0.3 is 0 Å². The molecule has 74 heavy (non-hydrogen) atoms. The normalized spacial score (nSPS) is 13.9. The molecule has 0 saturated carbocycles. The lowest BCUT2D eigenvalue weighted by Gasteiger charge is -2.29. The number of aromatic amines is 2. The largest absolute Gasteiger partial charge is 0.370 e. The summed E-state index contributed by atoms with van der Waals surface area (Å²) in [6, 6.07) is 25.0. The zero-order valence-corrected chi connectivity index (χ0v) is 42.0. The highest BCUT2D eigenvalue weighted by atomic mass is 16.2. The van der Waals surface area contributed by atoms with Crippen LogP contribution in [0.15, 0.2) is 122 Å². The molecule has 0 aliphatic carbocycles. The zero-order chi connectivity index (χ0) is 53.5. The zero-order valence-electron chi connectivity index (χ0n) is 42.0. The Morgan fingerprint density at radius 2 is 0.905 bits per heavy atom. The molecule has 19 nitrogen and oxygen atoms in total. The Morgan fingerprint density at radius 1 is 0.500 bits per heavy atom. The molecule has 6 atom stereocenters. The van der Waals surface area contributed by atoms with Gasteiger partial charge in [0.05, 0.1) is 6.04 Å². The Kier molecular flexibility index (Phi) is 18.9. The van der Waals surface area contributed by atoms with Crippen molar-refractivity contribution >= 4 is 69.1 Å². The molecule has 19 heteroatoms. The maximum absolute atomic E-state index is 14.9. The lowest BCUT2D eigenvalue weighted by Crippen LogP contribution is -2.61. The standard InChI is InChI=1S/C55H67N11O8/c1-32(2)25-43(53(73)66-55(3,4)54(58)74)62-51(71)46(29-36-31-60-41-22-14-12-20-38(36)41)65-50(70)44(27-34-17-9-6-10-18-34)63-52(72)45(28-35-30-59-40-21-13-11-19-37(35)40)64-49(69)42(23-24-47(57)67)61-48(68)39(56)26-33-15-7-5-8-16-33/h5-22,30-32,39,42-46,59-60H,23-29,56H2,1-4H3,(H2,57,67)(H2,58,74)(H,61,68)(H,62,71)(H,63,72)(H,64,69)(H,65,70)(H,66,73)/t39-,42+,43+,44+,45-,46-/m1/s1. The lowest BCUT2D eigenvalue weighted by molar-refractivity contribution is -0.136. The fraction of sp³-hybridized carbons (Fsp3) is 0.345. The van der Waals surface area contributed by atoms with E-state index >= 15 is 0 Å². The van der Waals surface area contributed by atoms with Crippen LogP contribution in [-0.4, -0.2) is 99.0 Å². The first-order valence-corrected chi connectivity index (χ1v) is 24.6. The number of para-hydroxylation sites is 2. The molecule has 0 aliphatic rings. The number of carbonyl (C=O) groups is 8. The second-order valence-electron chi connectivity index (χ2n) is 19.5. The molecule has 2 heterocycles. The van der Waals surface area contributed by atoms with Crippen molar-refractivity contribution in [2.24, 2.45) is 23.1 Å². The first-order valence-electron chi connectivity index (χ1n) is 24.6. The van der Waals surface area contributed by atoms with Crippen LogP contribution in [-0.2, 0) is 64.0 Å². The maximum atomic E-state index is 14.9. The van der Waals surface area contributed by atoms with E-state index in [1.807, 2.05) is 80.6 Å². The number of aromatic nitrogens is 2. The van der Waals surface area contributed by atoms with Crippen LogP contribution in [0.4, 0.5) is 0 Å². The van der Waals surface area contributed by atoms with Crippen LogP contribution < -0.4 is 49.1 Å². The highest BCUT2D eigenvalue weighted by Gasteiger charge is 2.36. The summed E-state index contributed by atoms with van der Waals surface area (Å²) in [6.07, 6.45) is 3.04. The van der Waals surface area contributed by atoms with E-state index in [9.17, 15) is 38.4 Å². The van der Waals surface area contributed by atoms with E-state index in [1.54, 1.807) is 54.9 Å². The van der Waals surface area contributed by atoms with E-state index < -0.39 is 89.0 Å². The van der Waals surface area contributed by atoms with Crippen molar-refractivity contribution in [3.8, 4) is 0 Å². The molecule has 0 saturated heterocycles. The average Bonchev–Trinajstić information content (AvgIpc) is 3.98. The molecule has 8 amide bonds. The highest BCUT2D eigenvalue weighted by molar-refractivity contribution is 5.99. The Hall–Kier alpha value is -8.32. The average molecular weight is 1010 g/mol. The number of rotatable bonds is 26. The van der Waals surface area contributed by atoms with Gasteiger partial charge in [-0.25, -0.2) is 0 Å². The summed E-state index contributed by atoms with van der Waals surface area (Å²) in [5.74, 6) is -6.02. The Labute approximate surface area is 429 Å². The molecule has 0 spiro atoms. The molecule has 2 aromatic heterocycles. The van der Waals surface area contributed by atoms with Crippen molar-refractivity contribution in [1.82, 2.24) is 41.9 Å².